The van der Waals surface area contributed by atoms with Gasteiger partial charge in [0.2, 0.25) is 0 Å². The molecule has 168 valence electrons. The number of nitrogens with two attached hydrogens (primary N) is 1. The summed E-state index contributed by atoms with van der Waals surface area (Å²) in [6.45, 7) is 7.78. The van der Waals surface area contributed by atoms with Crippen LogP contribution in [0.5, 0.6) is 0 Å². The fourth-order valence-corrected chi connectivity index (χ4v) is 5.49. The number of fused-ring (bicyclic) bond motifs is 1. The number of hydrogen-bond acceptors (Lipinski definition) is 5. The summed E-state index contributed by atoms with van der Waals surface area (Å²) in [5.74, 6) is 1.81. The summed E-state index contributed by atoms with van der Waals surface area (Å²) < 4.78 is 47.5. The molecule has 0 bridgehead atoms. The van der Waals surface area contributed by atoms with E-state index in [2.05, 4.69) is 28.3 Å². The molecule has 3 heterocycles. The van der Waals surface area contributed by atoms with Crippen molar-refractivity contribution in [3.8, 4) is 11.3 Å². The van der Waals surface area contributed by atoms with Crippen LogP contribution >= 0.6 is 0 Å². The van der Waals surface area contributed by atoms with E-state index in [0.717, 1.165) is 38.2 Å². The second-order valence-corrected chi connectivity index (χ2v) is 9.29. The molecule has 3 fully saturated rings. The van der Waals surface area contributed by atoms with Gasteiger partial charge in [0.05, 0.1) is 24.5 Å². The minimum Gasteiger partial charge on any atom is -0.383 e. The highest BCUT2D eigenvalue weighted by Gasteiger charge is 2.58. The zero-order chi connectivity index (χ0) is 21.9. The third-order valence-electron chi connectivity index (χ3n) is 7.06. The summed E-state index contributed by atoms with van der Waals surface area (Å²) in [5, 5.41) is 0. The number of hydrogen-bond donors (Lipinski definition) is 1. The number of nitrogen functional groups attached to an aromatic ring is 1. The van der Waals surface area contributed by atoms with Crippen LogP contribution in [0.4, 0.5) is 19.0 Å². The topological polar surface area (TPSA) is 69.2 Å². The van der Waals surface area contributed by atoms with E-state index in [1.807, 2.05) is 6.20 Å². The Hall–Kier alpha value is -2.13. The summed E-state index contributed by atoms with van der Waals surface area (Å²) in [4.78, 5) is 11.0. The molecule has 2 unspecified atom stereocenters. The van der Waals surface area contributed by atoms with E-state index in [0.29, 0.717) is 35.2 Å². The third kappa shape index (κ3) is 3.71. The lowest BCUT2D eigenvalue weighted by molar-refractivity contribution is -0.137. The average molecular weight is 435 g/mol. The molecule has 2 aromatic rings. The number of halogens is 3. The van der Waals surface area contributed by atoms with Gasteiger partial charge in [0.25, 0.3) is 0 Å². The summed E-state index contributed by atoms with van der Waals surface area (Å²) in [6.07, 6.45) is 1.08. The summed E-state index contributed by atoms with van der Waals surface area (Å²) in [7, 11) is 0. The summed E-state index contributed by atoms with van der Waals surface area (Å²) in [6, 6.07) is 2.07. The van der Waals surface area contributed by atoms with Crippen molar-refractivity contribution in [2.24, 2.45) is 11.8 Å². The van der Waals surface area contributed by atoms with Gasteiger partial charge < -0.3 is 15.0 Å². The molecular formula is C22H28F3N5O. The van der Waals surface area contributed by atoms with Gasteiger partial charge in [-0.2, -0.15) is 13.2 Å². The van der Waals surface area contributed by atoms with Gasteiger partial charge in [-0.3, -0.25) is 4.90 Å². The molecule has 0 aromatic carbocycles. The van der Waals surface area contributed by atoms with E-state index in [1.165, 1.54) is 19.0 Å². The van der Waals surface area contributed by atoms with E-state index < -0.39 is 17.6 Å². The van der Waals surface area contributed by atoms with Gasteiger partial charge in [0.1, 0.15) is 11.6 Å². The minimum absolute atomic E-state index is 0.175. The normalized spacial score (nSPS) is 28.8. The third-order valence-corrected chi connectivity index (χ3v) is 7.06. The summed E-state index contributed by atoms with van der Waals surface area (Å²) >= 11 is 0. The fourth-order valence-electron chi connectivity index (χ4n) is 5.49. The maximum absolute atomic E-state index is 13.3. The highest BCUT2D eigenvalue weighted by Crippen LogP contribution is 2.62. The summed E-state index contributed by atoms with van der Waals surface area (Å²) in [5.41, 5.74) is 5.42. The van der Waals surface area contributed by atoms with Crippen LogP contribution in [0.3, 0.4) is 0 Å². The molecule has 2 saturated carbocycles. The average Bonchev–Trinajstić information content (AvgIpc) is 3.09. The Labute approximate surface area is 179 Å². The molecule has 2 aliphatic carbocycles. The Morgan fingerprint density at radius 3 is 2.45 bits per heavy atom. The molecular weight excluding hydrogens is 407 g/mol. The van der Waals surface area contributed by atoms with Crippen LogP contribution in [-0.2, 0) is 10.9 Å². The van der Waals surface area contributed by atoms with Gasteiger partial charge in [0.15, 0.2) is 0 Å². The van der Waals surface area contributed by atoms with E-state index in [1.54, 1.807) is 0 Å². The van der Waals surface area contributed by atoms with Crippen molar-refractivity contribution in [3.63, 3.8) is 0 Å². The number of ether oxygens (including phenoxy) is 1. The van der Waals surface area contributed by atoms with Gasteiger partial charge in [-0.15, -0.1) is 0 Å². The van der Waals surface area contributed by atoms with Crippen molar-refractivity contribution in [1.29, 1.82) is 0 Å². The monoisotopic (exact) mass is 435 g/mol. The lowest BCUT2D eigenvalue weighted by Gasteiger charge is -2.33. The van der Waals surface area contributed by atoms with Gasteiger partial charge in [-0.25, -0.2) is 9.97 Å². The Morgan fingerprint density at radius 1 is 1.16 bits per heavy atom. The van der Waals surface area contributed by atoms with Crippen molar-refractivity contribution in [3.05, 3.63) is 29.8 Å². The van der Waals surface area contributed by atoms with Gasteiger partial charge in [-0.1, -0.05) is 13.8 Å². The number of imidazole rings is 1. The lowest BCUT2D eigenvalue weighted by atomic mass is 10.1. The first-order valence-corrected chi connectivity index (χ1v) is 11.0. The second kappa shape index (κ2) is 7.48. The molecule has 1 saturated heterocycles. The number of morpholine rings is 1. The highest BCUT2D eigenvalue weighted by molar-refractivity contribution is 5.62. The van der Waals surface area contributed by atoms with Crippen LogP contribution in [0, 0.1) is 11.8 Å². The van der Waals surface area contributed by atoms with E-state index in [9.17, 15) is 13.2 Å². The van der Waals surface area contributed by atoms with Crippen LogP contribution in [0.2, 0.25) is 0 Å². The van der Waals surface area contributed by atoms with Crippen molar-refractivity contribution in [2.45, 2.75) is 50.9 Å². The van der Waals surface area contributed by atoms with Crippen molar-refractivity contribution < 1.29 is 17.9 Å². The van der Waals surface area contributed by atoms with Crippen LogP contribution in [0.1, 0.15) is 50.0 Å². The highest BCUT2D eigenvalue weighted by atomic mass is 19.4. The molecule has 31 heavy (non-hydrogen) atoms. The minimum atomic E-state index is -4.54. The van der Waals surface area contributed by atoms with Crippen LogP contribution in [0.25, 0.3) is 11.3 Å². The standard InChI is InChI=1S/C22H28F3N5O/c1-12(2)21-28-18(13-7-17(22(23,24)25)20(26)27-10-13)11-30(21)19-15-8-14(9-16(15)19)29-3-5-31-6-4-29/h7,10-12,14-16,19H,3-6,8-9H2,1-2H3,(H2,26,27). The largest absolute Gasteiger partial charge is 0.419 e. The predicted octanol–water partition coefficient (Wildman–Crippen LogP) is 3.95. The molecule has 2 aromatic heterocycles. The van der Waals surface area contributed by atoms with E-state index >= 15 is 0 Å². The molecule has 5 rings (SSSR count). The number of alkyl halides is 3. The fraction of sp³-hybridized carbons (Fsp3) is 0.636. The van der Waals surface area contributed by atoms with Crippen LogP contribution in [0.15, 0.2) is 18.5 Å². The molecule has 6 nitrogen and oxygen atoms in total. The van der Waals surface area contributed by atoms with Gasteiger partial charge in [-0.05, 0) is 30.7 Å². The zero-order valence-electron chi connectivity index (χ0n) is 17.8. The SMILES string of the molecule is CC(C)c1nc(-c2cnc(N)c(C(F)(F)F)c2)cn1C1C2CC(N3CCOCC3)CC21. The maximum Gasteiger partial charge on any atom is 0.419 e. The number of nitrogens with zero attached hydrogens (tertiary/aromatic N) is 4. The number of rotatable bonds is 4. The molecule has 3 aliphatic rings. The smallest absolute Gasteiger partial charge is 0.383 e. The van der Waals surface area contributed by atoms with E-state index in [4.69, 9.17) is 15.5 Å². The van der Waals surface area contributed by atoms with E-state index in [-0.39, 0.29) is 5.92 Å². The first-order valence-electron chi connectivity index (χ1n) is 11.0. The molecule has 0 amide bonds. The molecule has 1 aliphatic heterocycles. The zero-order valence-corrected chi connectivity index (χ0v) is 17.8. The lowest BCUT2D eigenvalue weighted by Crippen LogP contribution is -2.43. The Morgan fingerprint density at radius 2 is 1.84 bits per heavy atom. The quantitative estimate of drug-likeness (QED) is 0.788. The van der Waals surface area contributed by atoms with Crippen molar-refractivity contribution in [2.75, 3.05) is 32.0 Å². The van der Waals surface area contributed by atoms with Crippen LogP contribution in [-0.4, -0.2) is 51.8 Å². The number of pyridine rings is 1. The molecule has 0 spiro atoms. The van der Waals surface area contributed by atoms with Gasteiger partial charge in [0, 0.05) is 49.0 Å². The maximum atomic E-state index is 13.3. The molecule has 0 radical (unpaired) electrons. The van der Waals surface area contributed by atoms with Crippen LogP contribution < -0.4 is 5.73 Å². The molecule has 2 atom stereocenters. The van der Waals surface area contributed by atoms with Crippen molar-refractivity contribution >= 4 is 5.82 Å². The second-order valence-electron chi connectivity index (χ2n) is 9.29. The van der Waals surface area contributed by atoms with Crippen molar-refractivity contribution in [1.82, 2.24) is 19.4 Å². The molecule has 9 heteroatoms. The number of aromatic nitrogens is 3. The first kappa shape index (κ1) is 20.8. The Balaban J connectivity index is 1.39. The molecule has 2 N–H and O–H groups in total. The predicted molar refractivity (Wildman–Crippen MR) is 110 cm³/mol. The van der Waals surface area contributed by atoms with Gasteiger partial charge >= 0.3 is 6.18 Å². The number of anilines is 1. The first-order chi connectivity index (χ1) is 14.7. The Kier molecular flexibility index (Phi) is 5.01. The Bertz CT molecular complexity index is 955.